The first-order valence-electron chi connectivity index (χ1n) is 7.72. The van der Waals surface area contributed by atoms with Crippen molar-refractivity contribution in [2.45, 2.75) is 6.61 Å². The van der Waals surface area contributed by atoms with Gasteiger partial charge in [-0.3, -0.25) is 9.78 Å². The Hall–Kier alpha value is -2.61. The number of amidine groups is 1. The number of carbonyl (C=O) groups is 1. The van der Waals surface area contributed by atoms with E-state index in [-0.39, 0.29) is 12.4 Å². The van der Waals surface area contributed by atoms with Gasteiger partial charge in [0.1, 0.15) is 17.2 Å². The first-order valence-corrected chi connectivity index (χ1v) is 9.36. The second-order valence-corrected chi connectivity index (χ2v) is 7.08. The molecule has 0 unspecified atom stereocenters. The Morgan fingerprint density at radius 3 is 2.89 bits per heavy atom. The molecule has 0 fully saturated rings. The summed E-state index contributed by atoms with van der Waals surface area (Å²) in [6.07, 6.45) is 3.18. The van der Waals surface area contributed by atoms with Gasteiger partial charge in [0.25, 0.3) is 5.91 Å². The van der Waals surface area contributed by atoms with Crippen LogP contribution in [-0.2, 0) is 6.61 Å². The number of nitrogens with two attached hydrogens (primary N) is 1. The third kappa shape index (κ3) is 4.97. The number of nitrogens with zero attached hydrogens (tertiary/aromatic N) is 2. The third-order valence-corrected chi connectivity index (χ3v) is 4.95. The molecule has 0 saturated heterocycles. The van der Waals surface area contributed by atoms with E-state index in [1.54, 1.807) is 54.2 Å². The van der Waals surface area contributed by atoms with Gasteiger partial charge >= 0.3 is 0 Å². The number of pyridine rings is 1. The Morgan fingerprint density at radius 1 is 1.30 bits per heavy atom. The van der Waals surface area contributed by atoms with Crippen molar-refractivity contribution in [3.63, 3.8) is 0 Å². The highest BCUT2D eigenvalue weighted by Crippen LogP contribution is 2.27. The maximum absolute atomic E-state index is 12.4. The van der Waals surface area contributed by atoms with Crippen LogP contribution >= 0.6 is 34.5 Å². The summed E-state index contributed by atoms with van der Waals surface area (Å²) in [6, 6.07) is 10.3. The van der Waals surface area contributed by atoms with Gasteiger partial charge in [0.15, 0.2) is 5.84 Å². The lowest BCUT2D eigenvalue weighted by molar-refractivity contribution is 0.0955. The topological polar surface area (TPSA) is 89.6 Å². The SMILES string of the molecule is N/C(=N/NC(=O)c1sccc1OCc1ccc(Cl)cc1Cl)c1cccnc1. The first kappa shape index (κ1) is 19.2. The Morgan fingerprint density at radius 2 is 2.15 bits per heavy atom. The van der Waals surface area contributed by atoms with Gasteiger partial charge in [0, 0.05) is 33.6 Å². The van der Waals surface area contributed by atoms with E-state index < -0.39 is 5.91 Å². The molecule has 2 aromatic heterocycles. The minimum Gasteiger partial charge on any atom is -0.487 e. The Kier molecular flexibility index (Phi) is 6.28. The molecule has 138 valence electrons. The molecule has 9 heteroatoms. The summed E-state index contributed by atoms with van der Waals surface area (Å²) >= 11 is 13.3. The number of amides is 1. The molecule has 3 aromatic rings. The van der Waals surface area contributed by atoms with Gasteiger partial charge in [-0.2, -0.15) is 5.10 Å². The van der Waals surface area contributed by atoms with E-state index in [4.69, 9.17) is 33.7 Å². The van der Waals surface area contributed by atoms with Crippen molar-refractivity contribution < 1.29 is 9.53 Å². The molecule has 0 radical (unpaired) electrons. The van der Waals surface area contributed by atoms with E-state index in [1.807, 2.05) is 0 Å². The van der Waals surface area contributed by atoms with Crippen molar-refractivity contribution in [2.24, 2.45) is 10.8 Å². The molecule has 0 saturated carbocycles. The standard InChI is InChI=1S/C18H14Cl2N4O2S/c19-13-4-3-12(14(20)8-13)10-26-15-5-7-27-16(15)18(25)24-23-17(21)11-2-1-6-22-9-11/h1-9H,10H2,(H2,21,23)(H,24,25). The molecule has 1 amide bonds. The quantitative estimate of drug-likeness (QED) is 0.357. The lowest BCUT2D eigenvalue weighted by atomic mass is 10.2. The smallest absolute Gasteiger partial charge is 0.285 e. The lowest BCUT2D eigenvalue weighted by Gasteiger charge is -2.08. The summed E-state index contributed by atoms with van der Waals surface area (Å²) < 4.78 is 5.73. The predicted octanol–water partition coefficient (Wildman–Crippen LogP) is 4.08. The summed E-state index contributed by atoms with van der Waals surface area (Å²) in [6.45, 7) is 0.202. The van der Waals surface area contributed by atoms with Crippen LogP contribution in [0.2, 0.25) is 10.0 Å². The first-order chi connectivity index (χ1) is 13.0. The fraction of sp³-hybridized carbons (Fsp3) is 0.0556. The number of hydrogen-bond acceptors (Lipinski definition) is 5. The molecule has 0 atom stereocenters. The molecular formula is C18H14Cl2N4O2S. The number of rotatable bonds is 6. The number of nitrogens with one attached hydrogen (secondary N) is 1. The fourth-order valence-electron chi connectivity index (χ4n) is 2.11. The number of ether oxygens (including phenoxy) is 1. The van der Waals surface area contributed by atoms with Gasteiger partial charge < -0.3 is 10.5 Å². The zero-order valence-electron chi connectivity index (χ0n) is 13.9. The minimum absolute atomic E-state index is 0.156. The van der Waals surface area contributed by atoms with E-state index in [2.05, 4.69) is 15.5 Å². The van der Waals surface area contributed by atoms with Crippen LogP contribution in [0.25, 0.3) is 0 Å². The van der Waals surface area contributed by atoms with Gasteiger partial charge in [-0.05, 0) is 35.7 Å². The molecular weight excluding hydrogens is 407 g/mol. The van der Waals surface area contributed by atoms with Crippen LogP contribution in [0.1, 0.15) is 20.8 Å². The normalized spacial score (nSPS) is 11.3. The largest absolute Gasteiger partial charge is 0.487 e. The summed E-state index contributed by atoms with van der Waals surface area (Å²) in [5, 5.41) is 6.70. The predicted molar refractivity (Wildman–Crippen MR) is 108 cm³/mol. The van der Waals surface area contributed by atoms with E-state index in [1.165, 1.54) is 11.3 Å². The van der Waals surface area contributed by atoms with Crippen LogP contribution in [0.5, 0.6) is 5.75 Å². The number of halogens is 2. The fourth-order valence-corrected chi connectivity index (χ4v) is 3.30. The van der Waals surface area contributed by atoms with Gasteiger partial charge in [-0.25, -0.2) is 5.43 Å². The maximum Gasteiger partial charge on any atom is 0.285 e. The summed E-state index contributed by atoms with van der Waals surface area (Å²) in [5.41, 5.74) is 9.63. The summed E-state index contributed by atoms with van der Waals surface area (Å²) in [5.74, 6) is 0.163. The monoisotopic (exact) mass is 420 g/mol. The number of aromatic nitrogens is 1. The number of benzene rings is 1. The highest BCUT2D eigenvalue weighted by molar-refractivity contribution is 7.12. The number of carbonyl (C=O) groups excluding carboxylic acids is 1. The molecule has 6 nitrogen and oxygen atoms in total. The van der Waals surface area contributed by atoms with Crippen LogP contribution in [0.4, 0.5) is 0 Å². The maximum atomic E-state index is 12.4. The highest BCUT2D eigenvalue weighted by atomic mass is 35.5. The van der Waals surface area contributed by atoms with Crippen molar-refractivity contribution in [3.05, 3.63) is 80.2 Å². The minimum atomic E-state index is -0.422. The molecule has 0 spiro atoms. The molecule has 3 rings (SSSR count). The average Bonchev–Trinajstić information content (AvgIpc) is 3.14. The molecule has 0 bridgehead atoms. The van der Waals surface area contributed by atoms with Crippen LogP contribution in [-0.4, -0.2) is 16.7 Å². The molecule has 3 N–H and O–H groups in total. The zero-order chi connectivity index (χ0) is 19.2. The highest BCUT2D eigenvalue weighted by Gasteiger charge is 2.15. The number of hydrazone groups is 1. The van der Waals surface area contributed by atoms with Crippen LogP contribution < -0.4 is 15.9 Å². The molecule has 2 heterocycles. The van der Waals surface area contributed by atoms with Crippen molar-refractivity contribution in [1.29, 1.82) is 0 Å². The Bertz CT molecular complexity index is 977. The van der Waals surface area contributed by atoms with E-state index in [9.17, 15) is 4.79 Å². The van der Waals surface area contributed by atoms with Crippen LogP contribution in [0.3, 0.4) is 0 Å². The molecule has 0 aliphatic carbocycles. The van der Waals surface area contributed by atoms with E-state index >= 15 is 0 Å². The Balaban J connectivity index is 1.66. The van der Waals surface area contributed by atoms with Crippen molar-refractivity contribution >= 4 is 46.3 Å². The molecule has 0 aliphatic rings. The van der Waals surface area contributed by atoms with Gasteiger partial charge in [-0.1, -0.05) is 29.3 Å². The summed E-state index contributed by atoms with van der Waals surface area (Å²) in [7, 11) is 0. The Labute approximate surface area is 169 Å². The summed E-state index contributed by atoms with van der Waals surface area (Å²) in [4.78, 5) is 16.7. The second-order valence-electron chi connectivity index (χ2n) is 5.32. The van der Waals surface area contributed by atoms with Crippen molar-refractivity contribution in [3.8, 4) is 5.75 Å². The zero-order valence-corrected chi connectivity index (χ0v) is 16.2. The van der Waals surface area contributed by atoms with Gasteiger partial charge in [0.2, 0.25) is 0 Å². The van der Waals surface area contributed by atoms with Gasteiger partial charge in [-0.15, -0.1) is 11.3 Å². The molecule has 27 heavy (non-hydrogen) atoms. The van der Waals surface area contributed by atoms with Crippen molar-refractivity contribution in [2.75, 3.05) is 0 Å². The van der Waals surface area contributed by atoms with Gasteiger partial charge in [0.05, 0.1) is 0 Å². The van der Waals surface area contributed by atoms with Crippen LogP contribution in [0, 0.1) is 0 Å². The average molecular weight is 421 g/mol. The molecule has 0 aliphatic heterocycles. The van der Waals surface area contributed by atoms with Crippen LogP contribution in [0.15, 0.2) is 59.3 Å². The third-order valence-electron chi connectivity index (χ3n) is 3.47. The van der Waals surface area contributed by atoms with E-state index in [0.717, 1.165) is 5.56 Å². The number of hydrogen-bond donors (Lipinski definition) is 2. The lowest BCUT2D eigenvalue weighted by Crippen LogP contribution is -2.23. The van der Waals surface area contributed by atoms with Crippen molar-refractivity contribution in [1.82, 2.24) is 10.4 Å². The van der Waals surface area contributed by atoms with E-state index in [0.29, 0.717) is 26.2 Å². The second kappa shape index (κ2) is 8.85. The number of thiophene rings is 1. The molecule has 1 aromatic carbocycles.